The Morgan fingerprint density at radius 1 is 1.21 bits per heavy atom. The van der Waals surface area contributed by atoms with Gasteiger partial charge in [-0.05, 0) is 63.9 Å². The topological polar surface area (TPSA) is 36.0 Å². The lowest BCUT2D eigenvalue weighted by Gasteiger charge is -2.38. The van der Waals surface area contributed by atoms with Crippen molar-refractivity contribution in [1.29, 1.82) is 0 Å². The molecule has 3 aliphatic heterocycles. The molecule has 6 heteroatoms. The van der Waals surface area contributed by atoms with Crippen LogP contribution in [0.4, 0.5) is 4.39 Å². The predicted octanol–water partition coefficient (Wildman–Crippen LogP) is 2.77. The van der Waals surface area contributed by atoms with Crippen molar-refractivity contribution in [2.24, 2.45) is 17.8 Å². The fourth-order valence-corrected chi connectivity index (χ4v) is 5.61. The van der Waals surface area contributed by atoms with Crippen LogP contribution in [-0.4, -0.2) is 73.5 Å². The zero-order valence-corrected chi connectivity index (χ0v) is 17.5. The second-order valence-corrected chi connectivity index (χ2v) is 9.63. The lowest BCUT2D eigenvalue weighted by molar-refractivity contribution is -0.138. The van der Waals surface area contributed by atoms with Crippen molar-refractivity contribution in [3.8, 4) is 5.75 Å². The molecular weight excluding hydrogens is 369 g/mol. The number of amides is 1. The van der Waals surface area contributed by atoms with Gasteiger partial charge in [-0.25, -0.2) is 4.39 Å². The zero-order chi connectivity index (χ0) is 20.1. The van der Waals surface area contributed by atoms with Gasteiger partial charge in [-0.3, -0.25) is 9.69 Å². The molecule has 1 aromatic carbocycles. The molecule has 2 saturated heterocycles. The molecule has 1 saturated carbocycles. The largest absolute Gasteiger partial charge is 0.493 e. The number of carbonyl (C=O) groups excluding carboxylic acids is 1. The molecule has 0 unspecified atom stereocenters. The Hall–Kier alpha value is -1.66. The summed E-state index contributed by atoms with van der Waals surface area (Å²) >= 11 is 0. The van der Waals surface area contributed by atoms with Gasteiger partial charge in [-0.2, -0.15) is 0 Å². The number of nitrogens with zero attached hydrogens (tertiary/aromatic N) is 3. The lowest BCUT2D eigenvalue weighted by atomic mass is 9.84. The number of hydrogen-bond donors (Lipinski definition) is 0. The minimum Gasteiger partial charge on any atom is -0.493 e. The van der Waals surface area contributed by atoms with Gasteiger partial charge in [0.25, 0.3) is 0 Å². The second kappa shape index (κ2) is 7.55. The highest BCUT2D eigenvalue weighted by atomic mass is 19.1. The standard InChI is InChI=1S/C23H32FN3O2/c1-25(2)17-7-9-26(10-8-17)23(28)19-13-27(12-15-3-4-15)22-18-11-16(24)5-6-21(18)29-14-20(19)22/h5-6,11,15,17,19-20,22H,3-4,7-10,12-14H2,1-2H3/t19-,20+,22+/m1/s1. The Balaban J connectivity index is 1.37. The molecule has 5 rings (SSSR count). The van der Waals surface area contributed by atoms with Crippen molar-refractivity contribution in [2.75, 3.05) is 46.9 Å². The first-order chi connectivity index (χ1) is 14.0. The minimum atomic E-state index is -0.222. The third-order valence-electron chi connectivity index (χ3n) is 7.48. The summed E-state index contributed by atoms with van der Waals surface area (Å²) in [5.74, 6) is 1.64. The Morgan fingerprint density at radius 3 is 2.66 bits per heavy atom. The third kappa shape index (κ3) is 3.66. The van der Waals surface area contributed by atoms with Crippen LogP contribution in [0.2, 0.25) is 0 Å². The highest BCUT2D eigenvalue weighted by Crippen LogP contribution is 2.49. The van der Waals surface area contributed by atoms with E-state index >= 15 is 0 Å². The van der Waals surface area contributed by atoms with Crippen LogP contribution in [0.15, 0.2) is 18.2 Å². The van der Waals surface area contributed by atoms with Gasteiger partial charge in [0.2, 0.25) is 5.91 Å². The fraction of sp³-hybridized carbons (Fsp3) is 0.696. The maximum atomic E-state index is 14.0. The van der Waals surface area contributed by atoms with E-state index in [4.69, 9.17) is 4.74 Å². The molecule has 158 valence electrons. The van der Waals surface area contributed by atoms with Crippen LogP contribution < -0.4 is 4.74 Å². The van der Waals surface area contributed by atoms with Gasteiger partial charge in [0.05, 0.1) is 12.5 Å². The van der Waals surface area contributed by atoms with Crippen LogP contribution in [-0.2, 0) is 4.79 Å². The van der Waals surface area contributed by atoms with Crippen molar-refractivity contribution in [3.05, 3.63) is 29.6 Å². The average Bonchev–Trinajstić information content (AvgIpc) is 3.46. The van der Waals surface area contributed by atoms with Crippen LogP contribution in [0.3, 0.4) is 0 Å². The molecule has 3 heterocycles. The molecule has 1 amide bonds. The highest BCUT2D eigenvalue weighted by molar-refractivity contribution is 5.80. The van der Waals surface area contributed by atoms with Gasteiger partial charge in [0.1, 0.15) is 11.6 Å². The minimum absolute atomic E-state index is 0.0499. The van der Waals surface area contributed by atoms with Crippen LogP contribution in [0.1, 0.15) is 37.3 Å². The van der Waals surface area contributed by atoms with E-state index in [9.17, 15) is 9.18 Å². The monoisotopic (exact) mass is 401 g/mol. The molecule has 0 bridgehead atoms. The Labute approximate surface area is 172 Å². The van der Waals surface area contributed by atoms with Crippen LogP contribution in [0.5, 0.6) is 5.75 Å². The number of benzene rings is 1. The summed E-state index contributed by atoms with van der Waals surface area (Å²) < 4.78 is 20.1. The summed E-state index contributed by atoms with van der Waals surface area (Å²) in [5.41, 5.74) is 0.934. The zero-order valence-electron chi connectivity index (χ0n) is 17.5. The maximum absolute atomic E-state index is 14.0. The first kappa shape index (κ1) is 19.3. The predicted molar refractivity (Wildman–Crippen MR) is 109 cm³/mol. The average molecular weight is 402 g/mol. The molecule has 5 nitrogen and oxygen atoms in total. The van der Waals surface area contributed by atoms with E-state index in [1.165, 1.54) is 18.9 Å². The fourth-order valence-electron chi connectivity index (χ4n) is 5.61. The molecule has 3 atom stereocenters. The summed E-state index contributed by atoms with van der Waals surface area (Å²) in [7, 11) is 4.24. The number of fused-ring (bicyclic) bond motifs is 3. The van der Waals surface area contributed by atoms with E-state index in [2.05, 4.69) is 28.8 Å². The summed E-state index contributed by atoms with van der Waals surface area (Å²) in [4.78, 5) is 20.3. The van der Waals surface area contributed by atoms with E-state index in [1.54, 1.807) is 12.1 Å². The molecule has 4 aliphatic rings. The van der Waals surface area contributed by atoms with Crippen LogP contribution >= 0.6 is 0 Å². The van der Waals surface area contributed by atoms with E-state index in [1.807, 2.05) is 0 Å². The number of piperidine rings is 1. The molecule has 29 heavy (non-hydrogen) atoms. The van der Waals surface area contributed by atoms with Crippen molar-refractivity contribution in [2.45, 2.75) is 37.8 Å². The lowest BCUT2D eigenvalue weighted by Crippen LogP contribution is -2.48. The van der Waals surface area contributed by atoms with E-state index in [0.717, 1.165) is 56.3 Å². The van der Waals surface area contributed by atoms with Gasteiger partial charge in [-0.1, -0.05) is 0 Å². The normalized spacial score (nSPS) is 30.2. The summed E-state index contributed by atoms with van der Waals surface area (Å²) in [6, 6.07) is 5.51. The first-order valence-corrected chi connectivity index (χ1v) is 11.1. The van der Waals surface area contributed by atoms with Crippen molar-refractivity contribution in [3.63, 3.8) is 0 Å². The van der Waals surface area contributed by atoms with Crippen LogP contribution in [0.25, 0.3) is 0 Å². The number of ether oxygens (including phenoxy) is 1. The number of hydrogen-bond acceptors (Lipinski definition) is 4. The smallest absolute Gasteiger partial charge is 0.227 e. The summed E-state index contributed by atoms with van der Waals surface area (Å²) in [5, 5.41) is 0. The van der Waals surface area contributed by atoms with E-state index in [0.29, 0.717) is 12.6 Å². The van der Waals surface area contributed by atoms with Crippen molar-refractivity contribution >= 4 is 5.91 Å². The molecular formula is C23H32FN3O2. The van der Waals surface area contributed by atoms with Crippen LogP contribution in [0, 0.1) is 23.6 Å². The number of rotatable bonds is 4. The summed E-state index contributed by atoms with van der Waals surface area (Å²) in [6.45, 7) is 4.02. The Kier molecular flexibility index (Phi) is 5.03. The van der Waals surface area contributed by atoms with E-state index in [-0.39, 0.29) is 29.6 Å². The highest BCUT2D eigenvalue weighted by Gasteiger charge is 2.51. The molecule has 0 radical (unpaired) electrons. The first-order valence-electron chi connectivity index (χ1n) is 11.1. The quantitative estimate of drug-likeness (QED) is 0.777. The molecule has 0 aromatic heterocycles. The SMILES string of the molecule is CN(C)C1CCN(C(=O)[C@@H]2CN(CC3CC3)[C@H]3c4cc(F)ccc4OC[C@@H]23)CC1. The van der Waals surface area contributed by atoms with Gasteiger partial charge >= 0.3 is 0 Å². The second-order valence-electron chi connectivity index (χ2n) is 9.63. The number of halogens is 1. The number of carbonyl (C=O) groups is 1. The van der Waals surface area contributed by atoms with Gasteiger partial charge in [0, 0.05) is 49.7 Å². The van der Waals surface area contributed by atoms with Gasteiger partial charge in [-0.15, -0.1) is 0 Å². The molecule has 3 fully saturated rings. The van der Waals surface area contributed by atoms with Crippen molar-refractivity contribution < 1.29 is 13.9 Å². The molecule has 0 spiro atoms. The Morgan fingerprint density at radius 2 is 1.97 bits per heavy atom. The molecule has 1 aliphatic carbocycles. The van der Waals surface area contributed by atoms with Gasteiger partial charge < -0.3 is 14.5 Å². The summed E-state index contributed by atoms with van der Waals surface area (Å²) in [6.07, 6.45) is 4.62. The molecule has 0 N–H and O–H groups in total. The van der Waals surface area contributed by atoms with Crippen molar-refractivity contribution in [1.82, 2.24) is 14.7 Å². The van der Waals surface area contributed by atoms with E-state index < -0.39 is 0 Å². The van der Waals surface area contributed by atoms with Gasteiger partial charge in [0.15, 0.2) is 0 Å². The Bertz CT molecular complexity index is 773. The third-order valence-corrected chi connectivity index (χ3v) is 7.48. The molecule has 1 aromatic rings. The number of likely N-dealkylation sites (tertiary alicyclic amines) is 2. The maximum Gasteiger partial charge on any atom is 0.227 e.